The van der Waals surface area contributed by atoms with E-state index in [1.807, 2.05) is 20.8 Å². The highest BCUT2D eigenvalue weighted by Crippen LogP contribution is 2.29. The number of carbonyl (C=O) groups is 2. The summed E-state index contributed by atoms with van der Waals surface area (Å²) in [6, 6.07) is 0. The minimum Gasteiger partial charge on any atom is -0.461 e. The van der Waals surface area contributed by atoms with Crippen LogP contribution in [-0.4, -0.2) is 24.1 Å². The average molecular weight is 214 g/mol. The quantitative estimate of drug-likeness (QED) is 0.670. The fraction of sp³-hybridized carbons (Fsp3) is 0.818. The predicted octanol–water partition coefficient (Wildman–Crippen LogP) is 1.67. The Hall–Kier alpha value is -1.06. The van der Waals surface area contributed by atoms with E-state index in [0.717, 1.165) is 0 Å². The standard InChI is InChI=1S/C11H18O4/c1-5-10(2,3)9(13)15-11(4)6-8(12)14-7-11/h5-7H2,1-4H3. The van der Waals surface area contributed by atoms with Gasteiger partial charge in [-0.05, 0) is 27.2 Å². The summed E-state index contributed by atoms with van der Waals surface area (Å²) in [4.78, 5) is 22.7. The van der Waals surface area contributed by atoms with E-state index < -0.39 is 11.0 Å². The van der Waals surface area contributed by atoms with Crippen LogP contribution in [0.25, 0.3) is 0 Å². The van der Waals surface area contributed by atoms with Crippen LogP contribution >= 0.6 is 0 Å². The fourth-order valence-corrected chi connectivity index (χ4v) is 1.21. The summed E-state index contributed by atoms with van der Waals surface area (Å²) in [5, 5.41) is 0. The molecule has 1 rings (SSSR count). The second-order valence-corrected chi connectivity index (χ2v) is 4.91. The molecule has 15 heavy (non-hydrogen) atoms. The van der Waals surface area contributed by atoms with Crippen molar-refractivity contribution in [2.45, 2.75) is 46.1 Å². The summed E-state index contributed by atoms with van der Waals surface area (Å²) in [7, 11) is 0. The molecule has 0 aromatic carbocycles. The SMILES string of the molecule is CCC(C)(C)C(=O)OC1(C)COC(=O)C1. The molecule has 0 aliphatic carbocycles. The zero-order chi connectivity index (χ0) is 11.7. The molecule has 1 fully saturated rings. The third-order valence-electron chi connectivity index (χ3n) is 2.83. The van der Waals surface area contributed by atoms with Crippen LogP contribution in [0.1, 0.15) is 40.5 Å². The molecule has 1 atom stereocenters. The molecule has 1 heterocycles. The van der Waals surface area contributed by atoms with Crippen LogP contribution in [0.4, 0.5) is 0 Å². The van der Waals surface area contributed by atoms with Crippen molar-refractivity contribution < 1.29 is 19.1 Å². The van der Waals surface area contributed by atoms with Gasteiger partial charge in [-0.1, -0.05) is 6.92 Å². The molecule has 1 aliphatic heterocycles. The Bertz CT molecular complexity index is 282. The van der Waals surface area contributed by atoms with Gasteiger partial charge in [-0.2, -0.15) is 0 Å². The minimum absolute atomic E-state index is 0.151. The van der Waals surface area contributed by atoms with E-state index in [0.29, 0.717) is 6.42 Å². The van der Waals surface area contributed by atoms with Crippen molar-refractivity contribution in [3.63, 3.8) is 0 Å². The first-order valence-electron chi connectivity index (χ1n) is 5.18. The Balaban J connectivity index is 2.62. The molecule has 0 aromatic rings. The number of ether oxygens (including phenoxy) is 2. The maximum absolute atomic E-state index is 11.8. The number of hydrogen-bond donors (Lipinski definition) is 0. The molecule has 1 aliphatic rings. The molecule has 0 N–H and O–H groups in total. The van der Waals surface area contributed by atoms with Crippen LogP contribution < -0.4 is 0 Å². The van der Waals surface area contributed by atoms with Gasteiger partial charge in [0.1, 0.15) is 6.61 Å². The van der Waals surface area contributed by atoms with Crippen molar-refractivity contribution in [3.05, 3.63) is 0 Å². The highest BCUT2D eigenvalue weighted by molar-refractivity contribution is 5.78. The Kier molecular flexibility index (Phi) is 3.07. The summed E-state index contributed by atoms with van der Waals surface area (Å²) in [6.07, 6.45) is 0.856. The van der Waals surface area contributed by atoms with E-state index in [2.05, 4.69) is 0 Å². The Morgan fingerprint density at radius 3 is 2.60 bits per heavy atom. The minimum atomic E-state index is -0.777. The van der Waals surface area contributed by atoms with Crippen molar-refractivity contribution >= 4 is 11.9 Å². The van der Waals surface area contributed by atoms with Gasteiger partial charge < -0.3 is 9.47 Å². The first-order valence-corrected chi connectivity index (χ1v) is 5.18. The van der Waals surface area contributed by atoms with Crippen molar-refractivity contribution in [1.29, 1.82) is 0 Å². The maximum Gasteiger partial charge on any atom is 0.312 e. The summed E-state index contributed by atoms with van der Waals surface area (Å²) < 4.78 is 10.1. The van der Waals surface area contributed by atoms with Crippen LogP contribution in [0, 0.1) is 5.41 Å². The topological polar surface area (TPSA) is 52.6 Å². The lowest BCUT2D eigenvalue weighted by Crippen LogP contribution is -2.38. The fourth-order valence-electron chi connectivity index (χ4n) is 1.21. The molecule has 0 bridgehead atoms. The monoisotopic (exact) mass is 214 g/mol. The summed E-state index contributed by atoms with van der Waals surface area (Å²) in [5.74, 6) is -0.578. The molecule has 4 heteroatoms. The van der Waals surface area contributed by atoms with E-state index in [1.54, 1.807) is 6.92 Å². The molecule has 1 unspecified atom stereocenters. The first-order chi connectivity index (χ1) is 6.79. The molecule has 0 amide bonds. The molecular formula is C11H18O4. The molecule has 1 saturated heterocycles. The van der Waals surface area contributed by atoms with Crippen molar-refractivity contribution in [3.8, 4) is 0 Å². The third kappa shape index (κ3) is 2.70. The van der Waals surface area contributed by atoms with Gasteiger partial charge in [0.2, 0.25) is 0 Å². The number of cyclic esters (lactones) is 1. The van der Waals surface area contributed by atoms with Gasteiger partial charge in [0.25, 0.3) is 0 Å². The second-order valence-electron chi connectivity index (χ2n) is 4.91. The average Bonchev–Trinajstić information content (AvgIpc) is 2.46. The van der Waals surface area contributed by atoms with Crippen LogP contribution in [0.15, 0.2) is 0 Å². The van der Waals surface area contributed by atoms with Gasteiger partial charge in [-0.25, -0.2) is 0 Å². The smallest absolute Gasteiger partial charge is 0.312 e. The Morgan fingerprint density at radius 1 is 1.60 bits per heavy atom. The molecule has 0 radical (unpaired) electrons. The van der Waals surface area contributed by atoms with Crippen LogP contribution in [0.3, 0.4) is 0 Å². The second kappa shape index (κ2) is 3.83. The van der Waals surface area contributed by atoms with Crippen LogP contribution in [-0.2, 0) is 19.1 Å². The van der Waals surface area contributed by atoms with E-state index in [1.165, 1.54) is 0 Å². The molecule has 86 valence electrons. The van der Waals surface area contributed by atoms with E-state index in [9.17, 15) is 9.59 Å². The molecule has 0 spiro atoms. The van der Waals surface area contributed by atoms with Gasteiger partial charge in [-0.15, -0.1) is 0 Å². The highest BCUT2D eigenvalue weighted by Gasteiger charge is 2.42. The first kappa shape index (κ1) is 12.0. The van der Waals surface area contributed by atoms with E-state index in [-0.39, 0.29) is 25.0 Å². The zero-order valence-electron chi connectivity index (χ0n) is 9.75. The highest BCUT2D eigenvalue weighted by atomic mass is 16.6. The molecule has 0 aromatic heterocycles. The zero-order valence-corrected chi connectivity index (χ0v) is 9.75. The lowest BCUT2D eigenvalue weighted by molar-refractivity contribution is -0.169. The van der Waals surface area contributed by atoms with Crippen LogP contribution in [0.5, 0.6) is 0 Å². The normalized spacial score (nSPS) is 26.3. The van der Waals surface area contributed by atoms with Crippen molar-refractivity contribution in [2.24, 2.45) is 5.41 Å². The number of carbonyl (C=O) groups excluding carboxylic acids is 2. The van der Waals surface area contributed by atoms with Gasteiger partial charge in [0.05, 0.1) is 11.8 Å². The number of rotatable bonds is 3. The Morgan fingerprint density at radius 2 is 2.20 bits per heavy atom. The molecular weight excluding hydrogens is 196 g/mol. The van der Waals surface area contributed by atoms with Crippen molar-refractivity contribution in [1.82, 2.24) is 0 Å². The van der Waals surface area contributed by atoms with Gasteiger partial charge in [0.15, 0.2) is 5.60 Å². The summed E-state index contributed by atoms with van der Waals surface area (Å²) in [5.41, 5.74) is -1.28. The Labute approximate surface area is 89.9 Å². The lowest BCUT2D eigenvalue weighted by atomic mass is 9.90. The summed E-state index contributed by atoms with van der Waals surface area (Å²) >= 11 is 0. The van der Waals surface area contributed by atoms with Crippen LogP contribution in [0.2, 0.25) is 0 Å². The maximum atomic E-state index is 11.8. The molecule has 4 nitrogen and oxygen atoms in total. The number of esters is 2. The predicted molar refractivity (Wildman–Crippen MR) is 54.1 cm³/mol. The summed E-state index contributed by atoms with van der Waals surface area (Å²) in [6.45, 7) is 7.48. The van der Waals surface area contributed by atoms with E-state index in [4.69, 9.17) is 9.47 Å². The van der Waals surface area contributed by atoms with Gasteiger partial charge in [0, 0.05) is 0 Å². The van der Waals surface area contributed by atoms with E-state index >= 15 is 0 Å². The van der Waals surface area contributed by atoms with Gasteiger partial charge in [-0.3, -0.25) is 9.59 Å². The van der Waals surface area contributed by atoms with Crippen molar-refractivity contribution in [2.75, 3.05) is 6.61 Å². The van der Waals surface area contributed by atoms with Gasteiger partial charge >= 0.3 is 11.9 Å². The lowest BCUT2D eigenvalue weighted by Gasteiger charge is -2.27. The molecule has 0 saturated carbocycles. The largest absolute Gasteiger partial charge is 0.461 e. The number of hydrogen-bond acceptors (Lipinski definition) is 4. The third-order valence-corrected chi connectivity index (χ3v) is 2.83.